The fraction of sp³-hybridized carbons (Fsp3) is 0. The van der Waals surface area contributed by atoms with Crippen LogP contribution in [-0.2, 0) is 0 Å². The van der Waals surface area contributed by atoms with E-state index in [1.54, 1.807) is 6.07 Å². The van der Waals surface area contributed by atoms with Crippen LogP contribution in [-0.4, -0.2) is 10.2 Å². The Morgan fingerprint density at radius 1 is 1.56 bits per heavy atom. The van der Waals surface area contributed by atoms with Gasteiger partial charge in [0.05, 0.1) is 0 Å². The lowest BCUT2D eigenvalue weighted by atomic mass is 10.4. The van der Waals surface area contributed by atoms with Crippen molar-refractivity contribution < 1.29 is 10.2 Å². The van der Waals surface area contributed by atoms with Gasteiger partial charge in [-0.15, -0.1) is 11.3 Å². The van der Waals surface area contributed by atoms with Gasteiger partial charge in [-0.1, -0.05) is 0 Å². The Kier molecular flexibility index (Phi) is 1.29. The van der Waals surface area contributed by atoms with Crippen LogP contribution >= 0.6 is 11.3 Å². The van der Waals surface area contributed by atoms with Crippen LogP contribution in [0.15, 0.2) is 5.38 Å². The van der Waals surface area contributed by atoms with Crippen molar-refractivity contribution in [2.24, 2.45) is 0 Å². The molecular formula is C5H3NO2S. The van der Waals surface area contributed by atoms with Crippen molar-refractivity contribution in [1.29, 1.82) is 5.26 Å². The zero-order valence-electron chi connectivity index (χ0n) is 4.33. The summed E-state index contributed by atoms with van der Waals surface area (Å²) in [6.07, 6.45) is 0. The Balaban J connectivity index is 3.24. The highest BCUT2D eigenvalue weighted by Crippen LogP contribution is 2.33. The summed E-state index contributed by atoms with van der Waals surface area (Å²) in [5.41, 5.74) is 0. The van der Waals surface area contributed by atoms with Gasteiger partial charge in [0.25, 0.3) is 0 Å². The fourth-order valence-corrected chi connectivity index (χ4v) is 1.03. The van der Waals surface area contributed by atoms with Gasteiger partial charge in [0.15, 0.2) is 16.4 Å². The first kappa shape index (κ1) is 5.92. The summed E-state index contributed by atoms with van der Waals surface area (Å²) in [6, 6.07) is 1.72. The van der Waals surface area contributed by atoms with E-state index >= 15 is 0 Å². The zero-order valence-corrected chi connectivity index (χ0v) is 5.14. The molecule has 46 valence electrons. The second-order valence-corrected chi connectivity index (χ2v) is 2.29. The van der Waals surface area contributed by atoms with Crippen LogP contribution in [0, 0.1) is 11.3 Å². The molecule has 3 nitrogen and oxygen atoms in total. The first-order valence-corrected chi connectivity index (χ1v) is 3.03. The smallest absolute Gasteiger partial charge is 0.186 e. The Morgan fingerprint density at radius 2 is 2.22 bits per heavy atom. The summed E-state index contributed by atoms with van der Waals surface area (Å²) < 4.78 is 0. The van der Waals surface area contributed by atoms with Gasteiger partial charge in [0, 0.05) is 5.38 Å². The van der Waals surface area contributed by atoms with E-state index in [0.717, 1.165) is 11.3 Å². The molecule has 0 fully saturated rings. The molecule has 2 N–H and O–H groups in total. The van der Waals surface area contributed by atoms with E-state index in [1.807, 2.05) is 0 Å². The van der Waals surface area contributed by atoms with Crippen LogP contribution in [0.4, 0.5) is 0 Å². The molecule has 1 heterocycles. The highest BCUT2D eigenvalue weighted by atomic mass is 32.1. The van der Waals surface area contributed by atoms with Crippen LogP contribution in [0.1, 0.15) is 4.88 Å². The molecule has 0 bridgehead atoms. The predicted octanol–water partition coefficient (Wildman–Crippen LogP) is 1.03. The summed E-state index contributed by atoms with van der Waals surface area (Å²) in [7, 11) is 0. The molecule has 1 rings (SSSR count). The molecule has 4 heteroatoms. The van der Waals surface area contributed by atoms with E-state index < -0.39 is 0 Å². The van der Waals surface area contributed by atoms with E-state index in [-0.39, 0.29) is 16.4 Å². The third-order valence-corrected chi connectivity index (χ3v) is 1.71. The average Bonchev–Trinajstić information content (AvgIpc) is 2.15. The lowest BCUT2D eigenvalue weighted by molar-refractivity contribution is 0.407. The number of aromatic hydroxyl groups is 2. The number of hydrogen-bond acceptors (Lipinski definition) is 4. The van der Waals surface area contributed by atoms with Gasteiger partial charge >= 0.3 is 0 Å². The van der Waals surface area contributed by atoms with E-state index in [4.69, 9.17) is 15.5 Å². The van der Waals surface area contributed by atoms with Gasteiger partial charge in [0.1, 0.15) is 6.07 Å². The summed E-state index contributed by atoms with van der Waals surface area (Å²) in [6.45, 7) is 0. The van der Waals surface area contributed by atoms with E-state index in [1.165, 1.54) is 5.38 Å². The predicted molar refractivity (Wildman–Crippen MR) is 32.4 cm³/mol. The van der Waals surface area contributed by atoms with Crippen molar-refractivity contribution >= 4 is 11.3 Å². The quantitative estimate of drug-likeness (QED) is 0.567. The molecule has 0 amide bonds. The van der Waals surface area contributed by atoms with Crippen molar-refractivity contribution in [1.82, 2.24) is 0 Å². The van der Waals surface area contributed by atoms with Crippen molar-refractivity contribution in [2.45, 2.75) is 0 Å². The maximum atomic E-state index is 8.78. The number of nitriles is 1. The molecule has 0 spiro atoms. The van der Waals surface area contributed by atoms with Crippen LogP contribution in [0.5, 0.6) is 11.5 Å². The number of rotatable bonds is 0. The minimum Gasteiger partial charge on any atom is -0.504 e. The highest BCUT2D eigenvalue weighted by Gasteiger charge is 2.06. The normalized spacial score (nSPS) is 8.78. The van der Waals surface area contributed by atoms with Crippen molar-refractivity contribution in [2.75, 3.05) is 0 Å². The van der Waals surface area contributed by atoms with Gasteiger partial charge in [-0.25, -0.2) is 0 Å². The Hall–Kier alpha value is -1.21. The van der Waals surface area contributed by atoms with Crippen molar-refractivity contribution in [3.63, 3.8) is 0 Å². The summed E-state index contributed by atoms with van der Waals surface area (Å²) in [4.78, 5) is 0.146. The minimum atomic E-state index is -0.317. The van der Waals surface area contributed by atoms with Gasteiger partial charge < -0.3 is 10.2 Å². The standard InChI is InChI=1S/C5H3NO2S/c6-1-4-5(8)3(7)2-9-4/h2,7-8H. The van der Waals surface area contributed by atoms with Gasteiger partial charge in [-0.3, -0.25) is 0 Å². The minimum absolute atomic E-state index is 0.146. The largest absolute Gasteiger partial charge is 0.504 e. The first-order valence-electron chi connectivity index (χ1n) is 2.15. The second-order valence-electron chi connectivity index (χ2n) is 1.41. The summed E-state index contributed by atoms with van der Waals surface area (Å²) >= 11 is 1.02. The zero-order chi connectivity index (χ0) is 6.85. The van der Waals surface area contributed by atoms with Crippen LogP contribution in [0.25, 0.3) is 0 Å². The van der Waals surface area contributed by atoms with Crippen LogP contribution in [0.2, 0.25) is 0 Å². The van der Waals surface area contributed by atoms with Gasteiger partial charge in [0.2, 0.25) is 0 Å². The monoisotopic (exact) mass is 141 g/mol. The Bertz CT molecular complexity index is 260. The van der Waals surface area contributed by atoms with Crippen LogP contribution in [0.3, 0.4) is 0 Å². The SMILES string of the molecule is N#Cc1scc(O)c1O. The lowest BCUT2D eigenvalue weighted by Gasteiger charge is -1.83. The molecule has 1 aromatic rings. The molecule has 0 aliphatic heterocycles. The van der Waals surface area contributed by atoms with Gasteiger partial charge in [-0.2, -0.15) is 5.26 Å². The number of hydrogen-bond donors (Lipinski definition) is 2. The van der Waals surface area contributed by atoms with E-state index in [2.05, 4.69) is 0 Å². The third kappa shape index (κ3) is 0.819. The van der Waals surface area contributed by atoms with Crippen LogP contribution < -0.4 is 0 Å². The first-order chi connectivity index (χ1) is 4.25. The lowest BCUT2D eigenvalue weighted by Crippen LogP contribution is -1.61. The second kappa shape index (κ2) is 1.96. The maximum absolute atomic E-state index is 8.78. The maximum Gasteiger partial charge on any atom is 0.186 e. The molecule has 0 atom stereocenters. The number of nitrogens with zero attached hydrogens (tertiary/aromatic N) is 1. The van der Waals surface area contributed by atoms with E-state index in [9.17, 15) is 0 Å². The molecule has 0 radical (unpaired) electrons. The summed E-state index contributed by atoms with van der Waals surface area (Å²) in [5.74, 6) is -0.543. The topological polar surface area (TPSA) is 64.2 Å². The molecule has 0 unspecified atom stereocenters. The Morgan fingerprint density at radius 3 is 2.44 bits per heavy atom. The Labute approximate surface area is 55.4 Å². The molecule has 0 aromatic carbocycles. The summed E-state index contributed by atoms with van der Waals surface area (Å²) in [5, 5.41) is 27.0. The van der Waals surface area contributed by atoms with Gasteiger partial charge in [-0.05, 0) is 0 Å². The molecule has 1 aromatic heterocycles. The molecule has 0 saturated carbocycles. The third-order valence-electron chi connectivity index (χ3n) is 0.848. The molecule has 0 aliphatic carbocycles. The van der Waals surface area contributed by atoms with Crippen molar-refractivity contribution in [3.05, 3.63) is 10.3 Å². The molecule has 0 saturated heterocycles. The highest BCUT2D eigenvalue weighted by molar-refractivity contribution is 7.11. The van der Waals surface area contributed by atoms with E-state index in [0.29, 0.717) is 0 Å². The molecule has 9 heavy (non-hydrogen) atoms. The molecular weight excluding hydrogens is 138 g/mol. The molecule has 0 aliphatic rings. The van der Waals surface area contributed by atoms with Crippen molar-refractivity contribution in [3.8, 4) is 17.6 Å². The number of thiophene rings is 1. The average molecular weight is 141 g/mol. The fourth-order valence-electron chi connectivity index (χ4n) is 0.422.